The van der Waals surface area contributed by atoms with Crippen LogP contribution in [0.4, 0.5) is 0 Å². The van der Waals surface area contributed by atoms with Crippen molar-refractivity contribution in [3.63, 3.8) is 0 Å². The Morgan fingerprint density at radius 2 is 1.05 bits per heavy atom. The maximum Gasteiger partial charge on any atom is 0.306 e. The Hall–Kier alpha value is -3.33. The summed E-state index contributed by atoms with van der Waals surface area (Å²) in [5, 5.41) is 0. The van der Waals surface area contributed by atoms with Gasteiger partial charge in [-0.2, -0.15) is 0 Å². The van der Waals surface area contributed by atoms with Gasteiger partial charge >= 0.3 is 11.9 Å². The monoisotopic (exact) mass is 828 g/mol. The smallest absolute Gasteiger partial charge is 0.306 e. The minimum absolute atomic E-state index is 0.0530. The van der Waals surface area contributed by atoms with Gasteiger partial charge in [0.05, 0.1) is 27.7 Å². The van der Waals surface area contributed by atoms with Crippen LogP contribution in [0.25, 0.3) is 0 Å². The lowest BCUT2D eigenvalue weighted by atomic mass is 10.1. The molecule has 0 bridgehead atoms. The standard InChI is InChI=1S/C48H78NO8P/c1-6-8-10-12-14-16-18-20-21-22-23-24-25-26-27-29-30-32-34-36-38-40-47(50)54-44-46(45-56-58(52,53)55-43-42-49(3,4)5)57-48(51)41-39-37-35-33-31-28-19-17-15-13-11-9-7-2/h9,11,13-17,19-21,23-24,26-28,30-32,46H,6-8,10,12,18,22,25,29,33-45H2,1-5H3/b11-9+,15-13+,16-14+,19-17+,21-20+,24-23+,27-26+,31-28+,32-30+. The second kappa shape index (κ2) is 39.1. The van der Waals surface area contributed by atoms with Crippen LogP contribution in [0, 0.1) is 0 Å². The highest BCUT2D eigenvalue weighted by Gasteiger charge is 2.21. The second-order valence-electron chi connectivity index (χ2n) is 15.1. The van der Waals surface area contributed by atoms with Crippen molar-refractivity contribution in [3.8, 4) is 0 Å². The lowest BCUT2D eigenvalue weighted by Gasteiger charge is -2.28. The number of allylic oxidation sites excluding steroid dienone is 18. The average Bonchev–Trinajstić information content (AvgIpc) is 3.17. The Morgan fingerprint density at radius 1 is 0.569 bits per heavy atom. The number of carbonyl (C=O) groups is 2. The molecule has 2 atom stereocenters. The number of hydrogen-bond acceptors (Lipinski definition) is 8. The minimum Gasteiger partial charge on any atom is -0.756 e. The Labute approximate surface area is 353 Å². The van der Waals surface area contributed by atoms with Crippen LogP contribution in [0.1, 0.15) is 129 Å². The van der Waals surface area contributed by atoms with E-state index in [-0.39, 0.29) is 26.1 Å². The topological polar surface area (TPSA) is 111 Å². The number of quaternary nitrogens is 1. The predicted octanol–water partition coefficient (Wildman–Crippen LogP) is 11.7. The van der Waals surface area contributed by atoms with Crippen LogP contribution in [-0.4, -0.2) is 70.0 Å². The molecule has 0 heterocycles. The molecule has 2 unspecified atom stereocenters. The van der Waals surface area contributed by atoms with Gasteiger partial charge in [-0.05, 0) is 83.5 Å². The van der Waals surface area contributed by atoms with Gasteiger partial charge in [0.15, 0.2) is 6.10 Å². The first kappa shape index (κ1) is 54.7. The number of phosphoric acid groups is 1. The molecule has 10 heteroatoms. The summed E-state index contributed by atoms with van der Waals surface area (Å²) in [5.74, 6) is -0.945. The van der Waals surface area contributed by atoms with E-state index in [9.17, 15) is 19.0 Å². The van der Waals surface area contributed by atoms with Gasteiger partial charge in [0.1, 0.15) is 19.8 Å². The van der Waals surface area contributed by atoms with Crippen LogP contribution < -0.4 is 4.89 Å². The Bertz CT molecular complexity index is 1350. The normalized spacial score (nSPS) is 14.7. The van der Waals surface area contributed by atoms with Gasteiger partial charge in [0.25, 0.3) is 7.82 Å². The Morgan fingerprint density at radius 3 is 1.62 bits per heavy atom. The Kier molecular flexibility index (Phi) is 36.9. The number of nitrogens with zero attached hydrogens (tertiary/aromatic N) is 1. The molecule has 0 saturated carbocycles. The lowest BCUT2D eigenvalue weighted by Crippen LogP contribution is -2.37. The molecular formula is C48H78NO8P. The molecule has 0 spiro atoms. The quantitative estimate of drug-likeness (QED) is 0.0152. The highest BCUT2D eigenvalue weighted by atomic mass is 31.2. The van der Waals surface area contributed by atoms with Crippen molar-refractivity contribution in [2.75, 3.05) is 47.5 Å². The van der Waals surface area contributed by atoms with Crippen molar-refractivity contribution in [2.45, 2.75) is 136 Å². The van der Waals surface area contributed by atoms with Crippen LogP contribution in [0.5, 0.6) is 0 Å². The van der Waals surface area contributed by atoms with Gasteiger partial charge in [-0.1, -0.05) is 142 Å². The summed E-state index contributed by atoms with van der Waals surface area (Å²) in [6, 6.07) is 0. The molecule has 9 nitrogen and oxygen atoms in total. The first-order valence-corrected chi connectivity index (χ1v) is 23.1. The largest absolute Gasteiger partial charge is 0.756 e. The van der Waals surface area contributed by atoms with Gasteiger partial charge in [-0.3, -0.25) is 14.2 Å². The summed E-state index contributed by atoms with van der Waals surface area (Å²) < 4.78 is 33.7. The molecule has 0 amide bonds. The summed E-state index contributed by atoms with van der Waals surface area (Å²) in [6.07, 6.45) is 52.7. The highest BCUT2D eigenvalue weighted by Crippen LogP contribution is 2.38. The van der Waals surface area contributed by atoms with Crippen LogP contribution in [0.2, 0.25) is 0 Å². The van der Waals surface area contributed by atoms with Crippen LogP contribution in [-0.2, 0) is 32.7 Å². The zero-order valence-electron chi connectivity index (χ0n) is 36.7. The highest BCUT2D eigenvalue weighted by molar-refractivity contribution is 7.45. The number of phosphoric ester groups is 1. The van der Waals surface area contributed by atoms with Gasteiger partial charge in [-0.25, -0.2) is 0 Å². The SMILES string of the molecule is CC/C=C/C=C/C=C/C=C/CCCCCC(=O)OC(COC(=O)CCCC/C=C/C/C=C/C/C=C/C/C=C/C/C=C/CCCCC)COP(=O)([O-])OCC[N+](C)(C)C. The van der Waals surface area contributed by atoms with E-state index in [4.69, 9.17) is 18.5 Å². The van der Waals surface area contributed by atoms with E-state index >= 15 is 0 Å². The molecule has 0 radical (unpaired) electrons. The van der Waals surface area contributed by atoms with Crippen molar-refractivity contribution in [1.29, 1.82) is 0 Å². The number of hydrogen-bond donors (Lipinski definition) is 0. The second-order valence-corrected chi connectivity index (χ2v) is 16.5. The zero-order valence-corrected chi connectivity index (χ0v) is 37.6. The van der Waals surface area contributed by atoms with E-state index in [0.717, 1.165) is 64.2 Å². The van der Waals surface area contributed by atoms with E-state index in [0.29, 0.717) is 23.9 Å². The molecule has 58 heavy (non-hydrogen) atoms. The van der Waals surface area contributed by atoms with E-state index in [2.05, 4.69) is 86.8 Å². The molecule has 0 saturated heterocycles. The molecule has 0 aliphatic rings. The Balaban J connectivity index is 4.51. The van der Waals surface area contributed by atoms with E-state index in [1.165, 1.54) is 25.7 Å². The summed E-state index contributed by atoms with van der Waals surface area (Å²) in [5.41, 5.74) is 0. The fraction of sp³-hybridized carbons (Fsp3) is 0.583. The van der Waals surface area contributed by atoms with Gasteiger partial charge in [-0.15, -0.1) is 0 Å². The van der Waals surface area contributed by atoms with E-state index in [1.807, 2.05) is 57.6 Å². The lowest BCUT2D eigenvalue weighted by molar-refractivity contribution is -0.870. The van der Waals surface area contributed by atoms with E-state index < -0.39 is 32.5 Å². The molecule has 0 N–H and O–H groups in total. The van der Waals surface area contributed by atoms with Gasteiger partial charge in [0.2, 0.25) is 0 Å². The van der Waals surface area contributed by atoms with Crippen molar-refractivity contribution in [2.24, 2.45) is 0 Å². The molecular weight excluding hydrogens is 750 g/mol. The van der Waals surface area contributed by atoms with Gasteiger partial charge in [0, 0.05) is 12.8 Å². The summed E-state index contributed by atoms with van der Waals surface area (Å²) >= 11 is 0. The zero-order chi connectivity index (χ0) is 42.8. The van der Waals surface area contributed by atoms with Gasteiger partial charge < -0.3 is 27.9 Å². The molecule has 0 aromatic rings. The number of carbonyl (C=O) groups excluding carboxylic acids is 2. The van der Waals surface area contributed by atoms with Crippen molar-refractivity contribution >= 4 is 19.8 Å². The average molecular weight is 828 g/mol. The van der Waals surface area contributed by atoms with Crippen LogP contribution in [0.15, 0.2) is 109 Å². The van der Waals surface area contributed by atoms with Crippen molar-refractivity contribution in [1.82, 2.24) is 0 Å². The maximum absolute atomic E-state index is 12.6. The number of rotatable bonds is 37. The number of likely N-dealkylation sites (N-methyl/N-ethyl adjacent to an activating group) is 1. The molecule has 0 rings (SSSR count). The molecule has 0 fully saturated rings. The predicted molar refractivity (Wildman–Crippen MR) is 240 cm³/mol. The number of esters is 2. The molecule has 328 valence electrons. The summed E-state index contributed by atoms with van der Waals surface area (Å²) in [4.78, 5) is 37.5. The number of ether oxygens (including phenoxy) is 2. The fourth-order valence-corrected chi connectivity index (χ4v) is 5.70. The van der Waals surface area contributed by atoms with Crippen LogP contribution >= 0.6 is 7.82 Å². The molecule has 0 aromatic carbocycles. The van der Waals surface area contributed by atoms with Crippen LogP contribution in [0.3, 0.4) is 0 Å². The summed E-state index contributed by atoms with van der Waals surface area (Å²) in [7, 11) is 1.09. The first-order chi connectivity index (χ1) is 28.0. The third-order valence-corrected chi connectivity index (χ3v) is 9.34. The number of unbranched alkanes of at least 4 members (excludes halogenated alkanes) is 8. The third kappa shape index (κ3) is 42.3. The summed E-state index contributed by atoms with van der Waals surface area (Å²) in [6.45, 7) is 3.92. The molecule has 0 aliphatic carbocycles. The van der Waals surface area contributed by atoms with E-state index in [1.54, 1.807) is 0 Å². The third-order valence-electron chi connectivity index (χ3n) is 8.37. The fourth-order valence-electron chi connectivity index (χ4n) is 4.98. The molecule has 0 aliphatic heterocycles. The van der Waals surface area contributed by atoms with Crippen molar-refractivity contribution < 1.29 is 42.1 Å². The first-order valence-electron chi connectivity index (χ1n) is 21.6. The minimum atomic E-state index is -4.65. The maximum atomic E-state index is 12.6. The van der Waals surface area contributed by atoms with Crippen molar-refractivity contribution in [3.05, 3.63) is 109 Å². The molecule has 0 aromatic heterocycles.